The van der Waals surface area contributed by atoms with Crippen LogP contribution in [0.2, 0.25) is 0 Å². The van der Waals surface area contributed by atoms with Gasteiger partial charge in [-0.3, -0.25) is 4.79 Å². The molecule has 1 aliphatic rings. The van der Waals surface area contributed by atoms with Crippen LogP contribution in [-0.4, -0.2) is 11.1 Å². The highest BCUT2D eigenvalue weighted by Gasteiger charge is 2.34. The molecule has 0 fully saturated rings. The number of carbonyl (C=O) groups is 1. The number of hydrogen-bond acceptors (Lipinski definition) is 3. The van der Waals surface area contributed by atoms with E-state index in [1.807, 2.05) is 0 Å². The molecule has 5 heteroatoms. The van der Waals surface area contributed by atoms with E-state index in [0.29, 0.717) is 18.2 Å². The maximum atomic E-state index is 12.9. The number of aryl methyl sites for hydroxylation is 1. The third-order valence-electron chi connectivity index (χ3n) is 4.85. The van der Waals surface area contributed by atoms with Crippen molar-refractivity contribution >= 4 is 5.91 Å². The lowest BCUT2D eigenvalue weighted by atomic mass is 9.71. The summed E-state index contributed by atoms with van der Waals surface area (Å²) in [7, 11) is 0. The predicted molar refractivity (Wildman–Crippen MR) is 89.0 cm³/mol. The average molecular weight is 330 g/mol. The normalized spacial score (nSPS) is 17.4. The Hall–Kier alpha value is -2.17. The van der Waals surface area contributed by atoms with E-state index in [9.17, 15) is 9.18 Å². The molecule has 0 saturated carbocycles. The van der Waals surface area contributed by atoms with E-state index in [1.165, 1.54) is 12.1 Å². The topological polar surface area (TPSA) is 55.1 Å². The van der Waals surface area contributed by atoms with Crippen LogP contribution in [0.3, 0.4) is 0 Å². The van der Waals surface area contributed by atoms with Gasteiger partial charge in [0.25, 0.3) is 5.91 Å². The number of hydrogen-bond donors (Lipinski definition) is 1. The Balaban J connectivity index is 1.70. The zero-order valence-electron chi connectivity index (χ0n) is 14.4. The van der Waals surface area contributed by atoms with Crippen LogP contribution in [0.25, 0.3) is 0 Å². The van der Waals surface area contributed by atoms with E-state index in [-0.39, 0.29) is 17.1 Å². The molecule has 128 valence electrons. The second-order valence-corrected chi connectivity index (χ2v) is 7.55. The summed E-state index contributed by atoms with van der Waals surface area (Å²) in [4.78, 5) is 12.5. The number of carbonyl (C=O) groups excluding carboxylic acids is 1. The van der Waals surface area contributed by atoms with Gasteiger partial charge in [-0.05, 0) is 41.9 Å². The molecule has 0 saturated heterocycles. The van der Waals surface area contributed by atoms with Gasteiger partial charge in [-0.1, -0.05) is 38.1 Å². The van der Waals surface area contributed by atoms with Crippen molar-refractivity contribution < 1.29 is 13.7 Å². The molecule has 1 heterocycles. The Morgan fingerprint density at radius 1 is 1.33 bits per heavy atom. The highest BCUT2D eigenvalue weighted by atomic mass is 19.1. The fourth-order valence-electron chi connectivity index (χ4n) is 3.19. The van der Waals surface area contributed by atoms with Crippen LogP contribution >= 0.6 is 0 Å². The lowest BCUT2D eigenvalue weighted by molar-refractivity contribution is 0.0940. The number of fused-ring (bicyclic) bond motifs is 1. The minimum absolute atomic E-state index is 0.191. The van der Waals surface area contributed by atoms with Crippen molar-refractivity contribution in [3.8, 4) is 0 Å². The maximum Gasteiger partial charge on any atom is 0.274 e. The maximum absolute atomic E-state index is 12.9. The molecule has 1 amide bonds. The predicted octanol–water partition coefficient (Wildman–Crippen LogP) is 3.89. The lowest BCUT2D eigenvalue weighted by Crippen LogP contribution is -2.29. The average Bonchev–Trinajstić information content (AvgIpc) is 2.96. The van der Waals surface area contributed by atoms with Crippen LogP contribution in [0.4, 0.5) is 4.39 Å². The van der Waals surface area contributed by atoms with Crippen molar-refractivity contribution in [2.45, 2.75) is 46.6 Å². The molecule has 2 aromatic rings. The second kappa shape index (κ2) is 6.38. The Morgan fingerprint density at radius 3 is 2.71 bits per heavy atom. The van der Waals surface area contributed by atoms with Gasteiger partial charge in [-0.15, -0.1) is 0 Å². The highest BCUT2D eigenvalue weighted by Crippen LogP contribution is 2.38. The molecule has 1 N–H and O–H groups in total. The van der Waals surface area contributed by atoms with E-state index in [1.54, 1.807) is 12.1 Å². The molecule has 0 unspecified atom stereocenters. The quantitative estimate of drug-likeness (QED) is 0.929. The summed E-state index contributed by atoms with van der Waals surface area (Å²) >= 11 is 0. The second-order valence-electron chi connectivity index (χ2n) is 7.55. The van der Waals surface area contributed by atoms with Gasteiger partial charge in [0.1, 0.15) is 11.6 Å². The standard InChI is InChI=1S/C19H23FN2O2/c1-19(2,3)13-6-9-16-15(10-13)17(22-24-16)18(23)21-11-12-4-7-14(20)8-5-12/h4-5,7-8,13H,6,9-11H2,1-3H3,(H,21,23)/t13-/m1/s1. The molecule has 1 aromatic heterocycles. The Bertz CT molecular complexity index is 729. The molecule has 0 bridgehead atoms. The van der Waals surface area contributed by atoms with Crippen LogP contribution in [0, 0.1) is 17.2 Å². The first kappa shape index (κ1) is 16.7. The van der Waals surface area contributed by atoms with Gasteiger partial charge in [0, 0.05) is 18.5 Å². The summed E-state index contributed by atoms with van der Waals surface area (Å²) in [6.45, 7) is 7.02. The van der Waals surface area contributed by atoms with E-state index in [4.69, 9.17) is 4.52 Å². The van der Waals surface area contributed by atoms with Gasteiger partial charge in [-0.25, -0.2) is 4.39 Å². The van der Waals surface area contributed by atoms with Gasteiger partial charge in [0.15, 0.2) is 5.69 Å². The summed E-state index contributed by atoms with van der Waals surface area (Å²) in [6.07, 6.45) is 2.71. The molecule has 0 spiro atoms. The zero-order valence-corrected chi connectivity index (χ0v) is 14.4. The minimum atomic E-state index is -0.288. The molecule has 0 radical (unpaired) electrons. The van der Waals surface area contributed by atoms with E-state index < -0.39 is 0 Å². The van der Waals surface area contributed by atoms with Crippen molar-refractivity contribution in [1.29, 1.82) is 0 Å². The summed E-state index contributed by atoms with van der Waals surface area (Å²) in [5.74, 6) is 0.818. The van der Waals surface area contributed by atoms with Crippen LogP contribution < -0.4 is 5.32 Å². The Labute approximate surface area is 141 Å². The molecule has 1 aromatic carbocycles. The number of benzene rings is 1. The molecule has 4 nitrogen and oxygen atoms in total. The Kier molecular flexibility index (Phi) is 4.43. The SMILES string of the molecule is CC(C)(C)[C@@H]1CCc2onc(C(=O)NCc3ccc(F)cc3)c2C1. The van der Waals surface area contributed by atoms with Crippen molar-refractivity contribution in [1.82, 2.24) is 10.5 Å². The highest BCUT2D eigenvalue weighted by molar-refractivity contribution is 5.93. The fourth-order valence-corrected chi connectivity index (χ4v) is 3.19. The van der Waals surface area contributed by atoms with Crippen molar-refractivity contribution in [2.75, 3.05) is 0 Å². The molecule has 1 aliphatic carbocycles. The smallest absolute Gasteiger partial charge is 0.274 e. The van der Waals surface area contributed by atoms with Crippen LogP contribution in [0.1, 0.15) is 54.6 Å². The van der Waals surface area contributed by atoms with Gasteiger partial charge >= 0.3 is 0 Å². The summed E-state index contributed by atoms with van der Waals surface area (Å²) < 4.78 is 18.3. The molecule has 24 heavy (non-hydrogen) atoms. The van der Waals surface area contributed by atoms with Gasteiger partial charge < -0.3 is 9.84 Å². The monoisotopic (exact) mass is 330 g/mol. The third-order valence-corrected chi connectivity index (χ3v) is 4.85. The third kappa shape index (κ3) is 3.50. The minimum Gasteiger partial charge on any atom is -0.360 e. The number of nitrogens with one attached hydrogen (secondary N) is 1. The fraction of sp³-hybridized carbons (Fsp3) is 0.474. The van der Waals surface area contributed by atoms with E-state index >= 15 is 0 Å². The van der Waals surface area contributed by atoms with Gasteiger partial charge in [0.2, 0.25) is 0 Å². The Morgan fingerprint density at radius 2 is 2.04 bits per heavy atom. The number of aromatic nitrogens is 1. The lowest BCUT2D eigenvalue weighted by Gasteiger charge is -2.33. The first-order chi connectivity index (χ1) is 11.3. The summed E-state index contributed by atoms with van der Waals surface area (Å²) in [6, 6.07) is 6.08. The number of rotatable bonds is 3. The van der Waals surface area contributed by atoms with Crippen molar-refractivity contribution in [2.24, 2.45) is 11.3 Å². The van der Waals surface area contributed by atoms with E-state index in [2.05, 4.69) is 31.2 Å². The van der Waals surface area contributed by atoms with Crippen molar-refractivity contribution in [3.63, 3.8) is 0 Å². The molecular weight excluding hydrogens is 307 g/mol. The largest absolute Gasteiger partial charge is 0.360 e. The number of amides is 1. The molecule has 1 atom stereocenters. The number of halogens is 1. The van der Waals surface area contributed by atoms with Crippen LogP contribution in [0.5, 0.6) is 0 Å². The van der Waals surface area contributed by atoms with Gasteiger partial charge in [0.05, 0.1) is 0 Å². The number of nitrogens with zero attached hydrogens (tertiary/aromatic N) is 1. The summed E-state index contributed by atoms with van der Waals surface area (Å²) in [5.41, 5.74) is 2.37. The van der Waals surface area contributed by atoms with Gasteiger partial charge in [-0.2, -0.15) is 0 Å². The first-order valence-corrected chi connectivity index (χ1v) is 8.34. The molecule has 0 aliphatic heterocycles. The molecule has 3 rings (SSSR count). The summed E-state index contributed by atoms with van der Waals surface area (Å²) in [5, 5.41) is 6.83. The zero-order chi connectivity index (χ0) is 17.3. The first-order valence-electron chi connectivity index (χ1n) is 8.34. The van der Waals surface area contributed by atoms with E-state index in [0.717, 1.165) is 36.1 Å². The van der Waals surface area contributed by atoms with Crippen LogP contribution in [0.15, 0.2) is 28.8 Å². The molecular formula is C19H23FN2O2. The van der Waals surface area contributed by atoms with Crippen molar-refractivity contribution in [3.05, 3.63) is 52.7 Å². The van der Waals surface area contributed by atoms with Crippen LogP contribution in [-0.2, 0) is 19.4 Å².